The maximum atomic E-state index is 11.8. The molecule has 0 bridgehead atoms. The van der Waals surface area contributed by atoms with E-state index >= 15 is 0 Å². The Kier molecular flexibility index (Phi) is 5.11. The molecule has 1 aliphatic carbocycles. The van der Waals surface area contributed by atoms with E-state index in [1.54, 1.807) is 0 Å². The van der Waals surface area contributed by atoms with Gasteiger partial charge < -0.3 is 15.4 Å². The molecule has 0 aromatic heterocycles. The molecule has 0 spiro atoms. The molecule has 5 nitrogen and oxygen atoms in total. The molecule has 2 N–H and O–H groups in total. The van der Waals surface area contributed by atoms with E-state index in [9.17, 15) is 4.79 Å². The number of likely N-dealkylation sites (tertiary alicyclic amines) is 1. The van der Waals surface area contributed by atoms with Gasteiger partial charge in [0, 0.05) is 37.8 Å². The number of amides is 1. The summed E-state index contributed by atoms with van der Waals surface area (Å²) >= 11 is 0. The first-order valence-corrected chi connectivity index (χ1v) is 8.91. The molecule has 1 heterocycles. The molecule has 5 heteroatoms. The van der Waals surface area contributed by atoms with Gasteiger partial charge >= 0.3 is 6.09 Å². The third-order valence-electron chi connectivity index (χ3n) is 4.46. The number of benzene rings is 1. The molecule has 3 atom stereocenters. The molecule has 1 saturated carbocycles. The standard InChI is InChI=1S/C19H29N3O2/c1-19(2,3)24-18(23)21-17-11-16(17)20-15-9-10-22(13-15)12-14-7-5-4-6-8-14/h4-8,15-17,20H,9-13H2,1-3H3,(H,21,23). The van der Waals surface area contributed by atoms with Gasteiger partial charge in [-0.1, -0.05) is 30.3 Å². The van der Waals surface area contributed by atoms with Crippen LogP contribution in [0.2, 0.25) is 0 Å². The summed E-state index contributed by atoms with van der Waals surface area (Å²) < 4.78 is 5.30. The van der Waals surface area contributed by atoms with Crippen LogP contribution in [0.4, 0.5) is 4.79 Å². The van der Waals surface area contributed by atoms with Crippen LogP contribution in [-0.2, 0) is 11.3 Å². The zero-order valence-electron chi connectivity index (χ0n) is 14.9. The topological polar surface area (TPSA) is 53.6 Å². The fraction of sp³-hybridized carbons (Fsp3) is 0.632. The molecule has 1 aromatic rings. The molecule has 2 fully saturated rings. The van der Waals surface area contributed by atoms with E-state index in [0.29, 0.717) is 12.1 Å². The second-order valence-corrected chi connectivity index (χ2v) is 7.97. The second-order valence-electron chi connectivity index (χ2n) is 7.97. The van der Waals surface area contributed by atoms with Gasteiger partial charge in [-0.05, 0) is 39.2 Å². The van der Waals surface area contributed by atoms with Crippen molar-refractivity contribution >= 4 is 6.09 Å². The summed E-state index contributed by atoms with van der Waals surface area (Å²) in [6.45, 7) is 8.87. The molecule has 1 amide bonds. The van der Waals surface area contributed by atoms with Crippen molar-refractivity contribution in [2.24, 2.45) is 0 Å². The minimum Gasteiger partial charge on any atom is -0.444 e. The van der Waals surface area contributed by atoms with Crippen molar-refractivity contribution in [1.82, 2.24) is 15.5 Å². The SMILES string of the molecule is CC(C)(C)OC(=O)NC1CC1NC1CCN(Cc2ccccc2)C1. The summed E-state index contributed by atoms with van der Waals surface area (Å²) in [6, 6.07) is 11.7. The highest BCUT2D eigenvalue weighted by molar-refractivity contribution is 5.68. The number of hydrogen-bond acceptors (Lipinski definition) is 4. The monoisotopic (exact) mass is 331 g/mol. The Hall–Kier alpha value is -1.59. The van der Waals surface area contributed by atoms with Gasteiger partial charge in [0.1, 0.15) is 5.60 Å². The first-order chi connectivity index (χ1) is 11.4. The minimum atomic E-state index is -0.439. The van der Waals surface area contributed by atoms with Gasteiger partial charge in [-0.3, -0.25) is 4.90 Å². The number of nitrogens with zero attached hydrogens (tertiary/aromatic N) is 1. The first kappa shape index (κ1) is 17.2. The molecule has 1 aliphatic heterocycles. The van der Waals surface area contributed by atoms with Gasteiger partial charge in [0.15, 0.2) is 0 Å². The lowest BCUT2D eigenvalue weighted by molar-refractivity contribution is 0.0522. The van der Waals surface area contributed by atoms with Crippen LogP contribution >= 0.6 is 0 Å². The fourth-order valence-electron chi connectivity index (χ4n) is 3.25. The van der Waals surface area contributed by atoms with Crippen molar-refractivity contribution in [2.45, 2.75) is 63.9 Å². The van der Waals surface area contributed by atoms with Crippen molar-refractivity contribution in [3.63, 3.8) is 0 Å². The van der Waals surface area contributed by atoms with Crippen LogP contribution in [0.15, 0.2) is 30.3 Å². The Bertz CT molecular complexity index is 555. The zero-order chi connectivity index (χ0) is 17.2. The molecular formula is C19H29N3O2. The number of nitrogens with one attached hydrogen (secondary N) is 2. The fourth-order valence-corrected chi connectivity index (χ4v) is 3.25. The number of rotatable bonds is 5. The molecule has 1 aromatic carbocycles. The molecule has 2 aliphatic rings. The summed E-state index contributed by atoms with van der Waals surface area (Å²) in [7, 11) is 0. The predicted octanol–water partition coefficient (Wildman–Crippen LogP) is 2.52. The van der Waals surface area contributed by atoms with Gasteiger partial charge in [0.05, 0.1) is 0 Å². The number of ether oxygens (including phenoxy) is 1. The lowest BCUT2D eigenvalue weighted by Crippen LogP contribution is -2.40. The van der Waals surface area contributed by atoms with Crippen LogP contribution < -0.4 is 10.6 Å². The first-order valence-electron chi connectivity index (χ1n) is 8.91. The highest BCUT2D eigenvalue weighted by Crippen LogP contribution is 2.24. The molecule has 24 heavy (non-hydrogen) atoms. The minimum absolute atomic E-state index is 0.211. The largest absolute Gasteiger partial charge is 0.444 e. The third kappa shape index (κ3) is 5.21. The normalized spacial score (nSPS) is 27.0. The maximum absolute atomic E-state index is 11.8. The Labute approximate surface area is 144 Å². The second kappa shape index (κ2) is 7.11. The lowest BCUT2D eigenvalue weighted by Gasteiger charge is -2.20. The third-order valence-corrected chi connectivity index (χ3v) is 4.46. The quantitative estimate of drug-likeness (QED) is 0.870. The Morgan fingerprint density at radius 2 is 2.00 bits per heavy atom. The Morgan fingerprint density at radius 3 is 2.71 bits per heavy atom. The van der Waals surface area contributed by atoms with Crippen molar-refractivity contribution in [3.8, 4) is 0 Å². The van der Waals surface area contributed by atoms with E-state index in [4.69, 9.17) is 4.74 Å². The highest BCUT2D eigenvalue weighted by atomic mass is 16.6. The van der Waals surface area contributed by atoms with Crippen molar-refractivity contribution in [2.75, 3.05) is 13.1 Å². The molecule has 3 rings (SSSR count). The van der Waals surface area contributed by atoms with Crippen LogP contribution in [0.1, 0.15) is 39.2 Å². The van der Waals surface area contributed by atoms with E-state index in [1.165, 1.54) is 12.0 Å². The van der Waals surface area contributed by atoms with Crippen molar-refractivity contribution in [1.29, 1.82) is 0 Å². The number of carbonyl (C=O) groups is 1. The van der Waals surface area contributed by atoms with Crippen LogP contribution in [0.3, 0.4) is 0 Å². The van der Waals surface area contributed by atoms with Gasteiger partial charge in [-0.25, -0.2) is 4.79 Å². The van der Waals surface area contributed by atoms with E-state index < -0.39 is 5.60 Å². The molecule has 3 unspecified atom stereocenters. The lowest BCUT2D eigenvalue weighted by atomic mass is 10.2. The smallest absolute Gasteiger partial charge is 0.407 e. The zero-order valence-corrected chi connectivity index (χ0v) is 14.9. The van der Waals surface area contributed by atoms with E-state index in [2.05, 4.69) is 45.9 Å². The highest BCUT2D eigenvalue weighted by Gasteiger charge is 2.41. The summed E-state index contributed by atoms with van der Waals surface area (Å²) in [5.74, 6) is 0. The molecular weight excluding hydrogens is 302 g/mol. The van der Waals surface area contributed by atoms with E-state index in [0.717, 1.165) is 26.1 Å². The Balaban J connectivity index is 1.36. The van der Waals surface area contributed by atoms with E-state index in [1.807, 2.05) is 20.8 Å². The molecule has 1 saturated heterocycles. The van der Waals surface area contributed by atoms with Gasteiger partial charge in [0.2, 0.25) is 0 Å². The number of carbonyl (C=O) groups excluding carboxylic acids is 1. The summed E-state index contributed by atoms with van der Waals surface area (Å²) in [6.07, 6.45) is 1.85. The van der Waals surface area contributed by atoms with Crippen LogP contribution in [0.25, 0.3) is 0 Å². The number of hydrogen-bond donors (Lipinski definition) is 2. The molecule has 0 radical (unpaired) electrons. The van der Waals surface area contributed by atoms with E-state index in [-0.39, 0.29) is 12.1 Å². The number of alkyl carbamates (subject to hydrolysis) is 1. The average Bonchev–Trinajstić information content (AvgIpc) is 3.03. The van der Waals surface area contributed by atoms with Crippen molar-refractivity contribution < 1.29 is 9.53 Å². The summed E-state index contributed by atoms with van der Waals surface area (Å²) in [5, 5.41) is 6.62. The van der Waals surface area contributed by atoms with Gasteiger partial charge in [-0.15, -0.1) is 0 Å². The predicted molar refractivity (Wildman–Crippen MR) is 94.8 cm³/mol. The summed E-state index contributed by atoms with van der Waals surface area (Å²) in [5.41, 5.74) is 0.930. The maximum Gasteiger partial charge on any atom is 0.407 e. The van der Waals surface area contributed by atoms with Crippen LogP contribution in [-0.4, -0.2) is 47.8 Å². The van der Waals surface area contributed by atoms with Gasteiger partial charge in [-0.2, -0.15) is 0 Å². The van der Waals surface area contributed by atoms with Crippen molar-refractivity contribution in [3.05, 3.63) is 35.9 Å². The Morgan fingerprint density at radius 1 is 1.25 bits per heavy atom. The van der Waals surface area contributed by atoms with Gasteiger partial charge in [0.25, 0.3) is 0 Å². The molecule has 132 valence electrons. The van der Waals surface area contributed by atoms with Crippen LogP contribution in [0, 0.1) is 0 Å². The average molecular weight is 331 g/mol. The summed E-state index contributed by atoms with van der Waals surface area (Å²) in [4.78, 5) is 14.3. The van der Waals surface area contributed by atoms with Crippen LogP contribution in [0.5, 0.6) is 0 Å².